The molecular formula is C12H8Cl2N5O-. The van der Waals surface area contributed by atoms with Crippen LogP contribution >= 0.6 is 23.2 Å². The number of hydrogen-bond acceptors (Lipinski definition) is 4. The highest BCUT2D eigenvalue weighted by atomic mass is 35.5. The molecule has 0 aliphatic carbocycles. The van der Waals surface area contributed by atoms with Crippen molar-refractivity contribution in [2.45, 2.75) is 6.54 Å². The molecular weight excluding hydrogens is 301 g/mol. The van der Waals surface area contributed by atoms with E-state index in [1.807, 2.05) is 12.1 Å². The molecule has 0 fully saturated rings. The number of furan rings is 1. The Kier molecular flexibility index (Phi) is 3.58. The number of nitrogens with one attached hydrogen (secondary N) is 1. The molecule has 0 amide bonds. The number of benzene rings is 1. The summed E-state index contributed by atoms with van der Waals surface area (Å²) in [5.41, 5.74) is 0.741. The van der Waals surface area contributed by atoms with Crippen LogP contribution in [0, 0.1) is 0 Å². The highest BCUT2D eigenvalue weighted by Gasteiger charge is 2.09. The summed E-state index contributed by atoms with van der Waals surface area (Å²) in [4.78, 5) is 0. The highest BCUT2D eigenvalue weighted by molar-refractivity contribution is 6.35. The van der Waals surface area contributed by atoms with E-state index in [1.54, 1.807) is 18.2 Å². The Labute approximate surface area is 124 Å². The molecule has 1 aromatic carbocycles. The van der Waals surface area contributed by atoms with Gasteiger partial charge in [0, 0.05) is 17.1 Å². The van der Waals surface area contributed by atoms with Crippen molar-refractivity contribution in [3.63, 3.8) is 0 Å². The van der Waals surface area contributed by atoms with E-state index in [0.717, 1.165) is 5.56 Å². The average molecular weight is 309 g/mol. The zero-order chi connectivity index (χ0) is 13.9. The summed E-state index contributed by atoms with van der Waals surface area (Å²) in [6.07, 6.45) is 0. The second kappa shape index (κ2) is 5.52. The molecule has 3 rings (SSSR count). The van der Waals surface area contributed by atoms with Gasteiger partial charge >= 0.3 is 0 Å². The molecule has 0 aliphatic rings. The molecule has 0 radical (unpaired) electrons. The molecule has 6 nitrogen and oxygen atoms in total. The van der Waals surface area contributed by atoms with Gasteiger partial charge in [0.25, 0.3) is 0 Å². The Morgan fingerprint density at radius 1 is 1.20 bits per heavy atom. The first kappa shape index (κ1) is 13.0. The summed E-state index contributed by atoms with van der Waals surface area (Å²) in [5, 5.41) is 18.5. The summed E-state index contributed by atoms with van der Waals surface area (Å²) in [5.74, 6) is 1.58. The molecule has 2 heterocycles. The summed E-state index contributed by atoms with van der Waals surface area (Å²) in [6, 6.07) is 8.84. The van der Waals surface area contributed by atoms with Crippen LogP contribution < -0.4 is 0 Å². The number of rotatable bonds is 4. The molecule has 1 N–H and O–H groups in total. The third-order valence-electron chi connectivity index (χ3n) is 2.57. The van der Waals surface area contributed by atoms with E-state index in [2.05, 4.69) is 25.9 Å². The van der Waals surface area contributed by atoms with Crippen molar-refractivity contribution in [2.75, 3.05) is 0 Å². The predicted molar refractivity (Wildman–Crippen MR) is 75.1 cm³/mol. The van der Waals surface area contributed by atoms with Crippen molar-refractivity contribution in [1.29, 1.82) is 0 Å². The number of hydrogen-bond donors (Lipinski definition) is 1. The standard InChI is InChI=1S/C12H8Cl2N5O/c13-7-1-3-10(14)9(5-7)11-4-2-8(20-11)6-15-12-16-18-19-17-12/h1-5H,6H2,(H-,15,16,17,18,19)/q-1. The average Bonchev–Trinajstić information content (AvgIpc) is 3.10. The van der Waals surface area contributed by atoms with Gasteiger partial charge in [0.2, 0.25) is 0 Å². The Morgan fingerprint density at radius 2 is 2.10 bits per heavy atom. The van der Waals surface area contributed by atoms with Crippen LogP contribution in [0.3, 0.4) is 0 Å². The van der Waals surface area contributed by atoms with E-state index in [1.165, 1.54) is 0 Å². The maximum absolute atomic E-state index is 6.12. The van der Waals surface area contributed by atoms with E-state index in [4.69, 9.17) is 27.6 Å². The van der Waals surface area contributed by atoms with Gasteiger partial charge in [-0.2, -0.15) is 0 Å². The van der Waals surface area contributed by atoms with E-state index >= 15 is 0 Å². The lowest BCUT2D eigenvalue weighted by atomic mass is 10.2. The summed E-state index contributed by atoms with van der Waals surface area (Å²) >= 11 is 12.1. The van der Waals surface area contributed by atoms with Crippen molar-refractivity contribution < 1.29 is 4.42 Å². The molecule has 0 saturated carbocycles. The van der Waals surface area contributed by atoms with Crippen LogP contribution in [-0.2, 0) is 6.54 Å². The van der Waals surface area contributed by atoms with Crippen LogP contribution in [0.5, 0.6) is 0 Å². The minimum Gasteiger partial charge on any atom is -0.461 e. The first-order valence-electron chi connectivity index (χ1n) is 5.67. The van der Waals surface area contributed by atoms with Crippen LogP contribution in [0.25, 0.3) is 16.6 Å². The van der Waals surface area contributed by atoms with Crippen molar-refractivity contribution in [2.24, 2.45) is 0 Å². The SMILES string of the molecule is Clc1ccc(Cl)c(-c2ccc(C[N-]c3nn[nH]n3)o2)c1. The van der Waals surface area contributed by atoms with Gasteiger partial charge in [0.05, 0.1) is 11.0 Å². The van der Waals surface area contributed by atoms with Gasteiger partial charge < -0.3 is 9.73 Å². The smallest absolute Gasteiger partial charge is 0.135 e. The molecule has 2 aromatic heterocycles. The lowest BCUT2D eigenvalue weighted by Gasteiger charge is -2.04. The number of H-pyrrole nitrogens is 1. The van der Waals surface area contributed by atoms with Gasteiger partial charge in [0.1, 0.15) is 11.5 Å². The summed E-state index contributed by atoms with van der Waals surface area (Å²) < 4.78 is 5.68. The van der Waals surface area contributed by atoms with E-state index in [0.29, 0.717) is 28.1 Å². The third kappa shape index (κ3) is 2.76. The Morgan fingerprint density at radius 3 is 2.90 bits per heavy atom. The van der Waals surface area contributed by atoms with Crippen LogP contribution in [0.15, 0.2) is 34.7 Å². The van der Waals surface area contributed by atoms with Gasteiger partial charge in [-0.05, 0) is 30.3 Å². The second-order valence-electron chi connectivity index (χ2n) is 3.92. The minimum atomic E-state index is 0.281. The molecule has 0 bridgehead atoms. The van der Waals surface area contributed by atoms with Crippen LogP contribution in [-0.4, -0.2) is 20.6 Å². The zero-order valence-electron chi connectivity index (χ0n) is 10.0. The molecule has 0 unspecified atom stereocenters. The number of halogens is 2. The Bertz CT molecular complexity index is 710. The van der Waals surface area contributed by atoms with Crippen molar-refractivity contribution in [1.82, 2.24) is 20.6 Å². The van der Waals surface area contributed by atoms with Crippen molar-refractivity contribution >= 4 is 29.2 Å². The van der Waals surface area contributed by atoms with Gasteiger partial charge in [-0.25, -0.2) is 0 Å². The predicted octanol–water partition coefficient (Wildman–Crippen LogP) is 3.97. The normalized spacial score (nSPS) is 10.7. The summed E-state index contributed by atoms with van der Waals surface area (Å²) in [6.45, 7) is 0.317. The first-order valence-corrected chi connectivity index (χ1v) is 6.43. The monoisotopic (exact) mass is 308 g/mol. The second-order valence-corrected chi connectivity index (χ2v) is 4.76. The summed E-state index contributed by atoms with van der Waals surface area (Å²) in [7, 11) is 0. The van der Waals surface area contributed by atoms with Gasteiger partial charge in [-0.1, -0.05) is 23.2 Å². The molecule has 0 atom stereocenters. The zero-order valence-corrected chi connectivity index (χ0v) is 11.6. The van der Waals surface area contributed by atoms with Crippen molar-refractivity contribution in [3.8, 4) is 11.3 Å². The number of aromatic nitrogens is 4. The number of nitrogens with zero attached hydrogens (tertiary/aromatic N) is 4. The van der Waals surface area contributed by atoms with E-state index in [9.17, 15) is 0 Å². The maximum atomic E-state index is 6.12. The minimum absolute atomic E-state index is 0.281. The number of tetrazole rings is 1. The fourth-order valence-corrected chi connectivity index (χ4v) is 2.05. The number of aromatic amines is 1. The molecule has 0 spiro atoms. The van der Waals surface area contributed by atoms with E-state index in [-0.39, 0.29) is 5.95 Å². The van der Waals surface area contributed by atoms with Gasteiger partial charge in [0.15, 0.2) is 0 Å². The molecule has 3 aromatic rings. The molecule has 0 aliphatic heterocycles. The van der Waals surface area contributed by atoms with Crippen LogP contribution in [0.2, 0.25) is 10.0 Å². The Hall–Kier alpha value is -2.05. The van der Waals surface area contributed by atoms with E-state index < -0.39 is 0 Å². The fourth-order valence-electron chi connectivity index (χ4n) is 1.67. The topological polar surface area (TPSA) is 81.7 Å². The maximum Gasteiger partial charge on any atom is 0.135 e. The lowest BCUT2D eigenvalue weighted by molar-refractivity contribution is 0.534. The van der Waals surface area contributed by atoms with Gasteiger partial charge in [-0.15, -0.1) is 5.21 Å². The van der Waals surface area contributed by atoms with Gasteiger partial charge in [-0.3, -0.25) is 15.4 Å². The quantitative estimate of drug-likeness (QED) is 0.790. The highest BCUT2D eigenvalue weighted by Crippen LogP contribution is 2.32. The molecule has 0 saturated heterocycles. The Balaban J connectivity index is 1.77. The largest absolute Gasteiger partial charge is 0.461 e. The third-order valence-corrected chi connectivity index (χ3v) is 3.13. The molecule has 20 heavy (non-hydrogen) atoms. The molecule has 8 heteroatoms. The lowest BCUT2D eigenvalue weighted by Crippen LogP contribution is -1.80. The van der Waals surface area contributed by atoms with Crippen LogP contribution in [0.1, 0.15) is 5.76 Å². The first-order chi connectivity index (χ1) is 9.72. The molecule has 102 valence electrons. The van der Waals surface area contributed by atoms with Crippen molar-refractivity contribution in [3.05, 3.63) is 51.5 Å². The van der Waals surface area contributed by atoms with Crippen LogP contribution in [0.4, 0.5) is 5.95 Å². The fraction of sp³-hybridized carbons (Fsp3) is 0.0833.